The summed E-state index contributed by atoms with van der Waals surface area (Å²) in [6.45, 7) is 3.00. The second-order valence-corrected chi connectivity index (χ2v) is 8.54. The van der Waals surface area contributed by atoms with Crippen LogP contribution in [0, 0.1) is 0 Å². The van der Waals surface area contributed by atoms with E-state index in [9.17, 15) is 4.79 Å². The molecule has 172 valence electrons. The molecule has 0 radical (unpaired) electrons. The average molecular weight is 484 g/mol. The Kier molecular flexibility index (Phi) is 8.81. The van der Waals surface area contributed by atoms with Gasteiger partial charge in [-0.2, -0.15) is 0 Å². The molecular weight excluding hydrogens is 457 g/mol. The number of benzene rings is 3. The number of hydrogen-bond acceptors (Lipinski definition) is 3. The van der Waals surface area contributed by atoms with Gasteiger partial charge in [-0.1, -0.05) is 71.2 Å². The highest BCUT2D eigenvalue weighted by atomic mass is 35.5. The zero-order valence-electron chi connectivity index (χ0n) is 19.0. The third kappa shape index (κ3) is 6.77. The minimum absolute atomic E-state index is 0.141. The molecule has 0 saturated carbocycles. The van der Waals surface area contributed by atoms with Crippen molar-refractivity contribution >= 4 is 35.2 Å². The van der Waals surface area contributed by atoms with Gasteiger partial charge in [0.1, 0.15) is 0 Å². The van der Waals surface area contributed by atoms with Gasteiger partial charge in [0.15, 0.2) is 11.5 Å². The molecule has 0 aliphatic carbocycles. The Morgan fingerprint density at radius 2 is 1.67 bits per heavy atom. The standard InChI is InChI=1S/C27H27Cl2NO3/c1-19(15-20-7-5-4-6-8-20)18-30(27(31)23-11-10-22(28)17-24(23)29)14-13-21-9-12-25(32-2)26(16-21)33-3/h4-12,15-17H,13-14,18H2,1-3H3/b19-15+. The number of rotatable bonds is 9. The molecular formula is C27H27Cl2NO3. The quantitative estimate of drug-likeness (QED) is 0.335. The molecule has 3 rings (SSSR count). The molecule has 4 nitrogen and oxygen atoms in total. The lowest BCUT2D eigenvalue weighted by molar-refractivity contribution is 0.0772. The van der Waals surface area contributed by atoms with Gasteiger partial charge in [-0.15, -0.1) is 0 Å². The fourth-order valence-electron chi connectivity index (χ4n) is 3.57. The van der Waals surface area contributed by atoms with Crippen molar-refractivity contribution in [2.75, 3.05) is 27.3 Å². The minimum atomic E-state index is -0.141. The molecule has 0 bridgehead atoms. The van der Waals surface area contributed by atoms with Crippen LogP contribution in [-0.2, 0) is 6.42 Å². The van der Waals surface area contributed by atoms with E-state index in [0.717, 1.165) is 16.7 Å². The molecule has 0 fully saturated rings. The lowest BCUT2D eigenvalue weighted by Gasteiger charge is -2.24. The number of amides is 1. The van der Waals surface area contributed by atoms with Gasteiger partial charge >= 0.3 is 0 Å². The normalized spacial score (nSPS) is 11.2. The summed E-state index contributed by atoms with van der Waals surface area (Å²) in [5.74, 6) is 1.19. The van der Waals surface area contributed by atoms with E-state index in [1.54, 1.807) is 37.3 Å². The summed E-state index contributed by atoms with van der Waals surface area (Å²) in [6.07, 6.45) is 2.73. The van der Waals surface area contributed by atoms with Crippen LogP contribution in [0.25, 0.3) is 6.08 Å². The van der Waals surface area contributed by atoms with Gasteiger partial charge in [-0.25, -0.2) is 0 Å². The Morgan fingerprint density at radius 3 is 2.33 bits per heavy atom. The number of nitrogens with zero attached hydrogens (tertiary/aromatic N) is 1. The van der Waals surface area contributed by atoms with E-state index in [0.29, 0.717) is 46.6 Å². The number of halogens is 2. The molecule has 3 aromatic carbocycles. The fourth-order valence-corrected chi connectivity index (χ4v) is 4.06. The van der Waals surface area contributed by atoms with E-state index < -0.39 is 0 Å². The number of carbonyl (C=O) groups is 1. The molecule has 33 heavy (non-hydrogen) atoms. The highest BCUT2D eigenvalue weighted by molar-refractivity contribution is 6.36. The molecule has 0 aromatic heterocycles. The summed E-state index contributed by atoms with van der Waals surface area (Å²) in [6, 6.07) is 20.8. The lowest BCUT2D eigenvalue weighted by Crippen LogP contribution is -2.34. The maximum Gasteiger partial charge on any atom is 0.255 e. The van der Waals surface area contributed by atoms with Gasteiger partial charge in [0.2, 0.25) is 0 Å². The maximum atomic E-state index is 13.4. The molecule has 0 aliphatic rings. The predicted molar refractivity (Wildman–Crippen MR) is 136 cm³/mol. The van der Waals surface area contributed by atoms with E-state index in [1.807, 2.05) is 55.5 Å². The summed E-state index contributed by atoms with van der Waals surface area (Å²) in [4.78, 5) is 15.2. The molecule has 3 aromatic rings. The summed E-state index contributed by atoms with van der Waals surface area (Å²) in [5, 5.41) is 0.835. The van der Waals surface area contributed by atoms with Gasteiger partial charge in [0, 0.05) is 18.1 Å². The average Bonchev–Trinajstić information content (AvgIpc) is 2.81. The molecule has 0 unspecified atom stereocenters. The first-order chi connectivity index (χ1) is 15.9. The van der Waals surface area contributed by atoms with Gasteiger partial charge in [-0.3, -0.25) is 4.79 Å². The van der Waals surface area contributed by atoms with Gasteiger partial charge < -0.3 is 14.4 Å². The molecule has 1 amide bonds. The Hall–Kier alpha value is -2.95. The smallest absolute Gasteiger partial charge is 0.255 e. The Balaban J connectivity index is 1.84. The molecule has 0 saturated heterocycles. The fraction of sp³-hybridized carbons (Fsp3) is 0.222. The zero-order valence-corrected chi connectivity index (χ0v) is 20.5. The molecule has 0 N–H and O–H groups in total. The van der Waals surface area contributed by atoms with Crippen molar-refractivity contribution < 1.29 is 14.3 Å². The third-order valence-electron chi connectivity index (χ3n) is 5.22. The van der Waals surface area contributed by atoms with Crippen molar-refractivity contribution in [3.63, 3.8) is 0 Å². The topological polar surface area (TPSA) is 38.8 Å². The van der Waals surface area contributed by atoms with Crippen molar-refractivity contribution in [2.24, 2.45) is 0 Å². The van der Waals surface area contributed by atoms with Crippen LogP contribution >= 0.6 is 23.2 Å². The van der Waals surface area contributed by atoms with E-state index >= 15 is 0 Å². The van der Waals surface area contributed by atoms with E-state index in [1.165, 1.54) is 0 Å². The zero-order chi connectivity index (χ0) is 23.8. The lowest BCUT2D eigenvalue weighted by atomic mass is 10.1. The van der Waals surface area contributed by atoms with E-state index in [4.69, 9.17) is 32.7 Å². The summed E-state index contributed by atoms with van der Waals surface area (Å²) < 4.78 is 10.7. The van der Waals surface area contributed by atoms with Crippen molar-refractivity contribution in [2.45, 2.75) is 13.3 Å². The molecule has 0 atom stereocenters. The Morgan fingerprint density at radius 1 is 0.939 bits per heavy atom. The first-order valence-corrected chi connectivity index (χ1v) is 11.3. The number of ether oxygens (including phenoxy) is 2. The van der Waals surface area contributed by atoms with Crippen LogP contribution in [0.2, 0.25) is 10.0 Å². The molecule has 0 heterocycles. The first kappa shape index (κ1) is 24.7. The second kappa shape index (κ2) is 11.8. The van der Waals surface area contributed by atoms with Crippen LogP contribution in [0.1, 0.15) is 28.4 Å². The Labute approximate surface area is 205 Å². The maximum absolute atomic E-state index is 13.4. The molecule has 6 heteroatoms. The van der Waals surface area contributed by atoms with Crippen molar-refractivity contribution in [3.8, 4) is 11.5 Å². The van der Waals surface area contributed by atoms with Crippen molar-refractivity contribution in [1.82, 2.24) is 4.90 Å². The van der Waals surface area contributed by atoms with Gasteiger partial charge in [-0.05, 0) is 54.8 Å². The summed E-state index contributed by atoms with van der Waals surface area (Å²) in [7, 11) is 3.22. The SMILES string of the molecule is COc1ccc(CCN(C/C(C)=C/c2ccccc2)C(=O)c2ccc(Cl)cc2Cl)cc1OC. The van der Waals surface area contributed by atoms with Crippen LogP contribution in [0.4, 0.5) is 0 Å². The number of methoxy groups -OCH3 is 2. The van der Waals surface area contributed by atoms with Crippen molar-refractivity contribution in [1.29, 1.82) is 0 Å². The number of carbonyl (C=O) groups excluding carboxylic acids is 1. The monoisotopic (exact) mass is 483 g/mol. The Bertz CT molecular complexity index is 1130. The number of hydrogen-bond donors (Lipinski definition) is 0. The van der Waals surface area contributed by atoms with E-state index in [-0.39, 0.29) is 5.91 Å². The summed E-state index contributed by atoms with van der Waals surface area (Å²) >= 11 is 12.4. The van der Waals surface area contributed by atoms with Gasteiger partial charge in [0.05, 0.1) is 24.8 Å². The van der Waals surface area contributed by atoms with Crippen LogP contribution in [0.3, 0.4) is 0 Å². The highest BCUT2D eigenvalue weighted by Gasteiger charge is 2.19. The van der Waals surface area contributed by atoms with Crippen molar-refractivity contribution in [3.05, 3.63) is 99.0 Å². The minimum Gasteiger partial charge on any atom is -0.493 e. The first-order valence-electron chi connectivity index (χ1n) is 10.6. The molecule has 0 spiro atoms. The van der Waals surface area contributed by atoms with Crippen LogP contribution < -0.4 is 9.47 Å². The second-order valence-electron chi connectivity index (χ2n) is 7.69. The predicted octanol–water partition coefficient (Wildman–Crippen LogP) is 6.80. The van der Waals surface area contributed by atoms with Crippen LogP contribution in [0.15, 0.2) is 72.3 Å². The van der Waals surface area contributed by atoms with Gasteiger partial charge in [0.25, 0.3) is 5.91 Å². The molecule has 0 aliphatic heterocycles. The van der Waals surface area contributed by atoms with E-state index in [2.05, 4.69) is 6.08 Å². The summed E-state index contributed by atoms with van der Waals surface area (Å²) in [5.41, 5.74) is 3.62. The largest absolute Gasteiger partial charge is 0.493 e. The highest BCUT2D eigenvalue weighted by Crippen LogP contribution is 2.28. The van der Waals surface area contributed by atoms with Crippen LogP contribution in [-0.4, -0.2) is 38.1 Å². The third-order valence-corrected chi connectivity index (χ3v) is 5.77. The van der Waals surface area contributed by atoms with Crippen LogP contribution in [0.5, 0.6) is 11.5 Å².